The smallest absolute Gasteiger partial charge is 0.341 e. The molecule has 1 fully saturated rings. The molecule has 0 radical (unpaired) electrons. The van der Waals surface area contributed by atoms with Gasteiger partial charge >= 0.3 is 5.97 Å². The zero-order chi connectivity index (χ0) is 29.7. The number of aryl methyl sites for hydroxylation is 2. The van der Waals surface area contributed by atoms with Gasteiger partial charge in [-0.25, -0.2) is 4.79 Å². The predicted molar refractivity (Wildman–Crippen MR) is 165 cm³/mol. The number of carboxylic acid groups (broad SMARTS) is 1. The lowest BCUT2D eigenvalue weighted by Crippen LogP contribution is -2.36. The van der Waals surface area contributed by atoms with E-state index >= 15 is 0 Å². The quantitative estimate of drug-likeness (QED) is 0.230. The van der Waals surface area contributed by atoms with Crippen LogP contribution in [0.2, 0.25) is 5.02 Å². The van der Waals surface area contributed by atoms with E-state index in [0.29, 0.717) is 16.5 Å². The van der Waals surface area contributed by atoms with Gasteiger partial charge in [0, 0.05) is 22.4 Å². The summed E-state index contributed by atoms with van der Waals surface area (Å²) in [7, 11) is 0. The zero-order valence-electron chi connectivity index (χ0n) is 24.7. The Bertz CT molecular complexity index is 1380. The lowest BCUT2D eigenvalue weighted by atomic mass is 9.74. The maximum absolute atomic E-state index is 11.4. The fourth-order valence-electron chi connectivity index (χ4n) is 5.73. The number of halogens is 1. The topological polar surface area (TPSA) is 65.0 Å². The Labute approximate surface area is 249 Å². The van der Waals surface area contributed by atoms with Gasteiger partial charge in [0.1, 0.15) is 17.2 Å². The molecule has 0 saturated carbocycles. The summed E-state index contributed by atoms with van der Waals surface area (Å²) in [5, 5.41) is 10.1. The lowest BCUT2D eigenvalue weighted by molar-refractivity contribution is -0.139. The number of ether oxygens (including phenoxy) is 3. The summed E-state index contributed by atoms with van der Waals surface area (Å²) in [6.45, 7) is 14.3. The van der Waals surface area contributed by atoms with Gasteiger partial charge in [0.2, 0.25) is 0 Å². The third-order valence-corrected chi connectivity index (χ3v) is 8.30. The molecule has 0 aromatic heterocycles. The molecule has 0 unspecified atom stereocenters. The standard InChI is InChI=1S/C35H41ClO5/c1-7-8-9-32-29(25-10-12-26(36)13-11-25)19-28(21(2)3)35(41-32)30-18-27(14-15-31(30)39-20-34(37)38)40-33-17-22(4)16-23(5)24(33)6/h10-18,28-29,32,35H,2,7-9,19-20H2,1,3-6H3,(H,37,38)/t28-,29-,32+,35+/m0/s1. The fraction of sp³-hybridized carbons (Fsp3) is 0.400. The van der Waals surface area contributed by atoms with Crippen molar-refractivity contribution in [2.24, 2.45) is 5.92 Å². The van der Waals surface area contributed by atoms with Gasteiger partial charge in [0.25, 0.3) is 0 Å². The highest BCUT2D eigenvalue weighted by Gasteiger charge is 2.40. The molecular formula is C35H41ClO5. The van der Waals surface area contributed by atoms with E-state index in [-0.39, 0.29) is 24.0 Å². The van der Waals surface area contributed by atoms with E-state index in [1.807, 2.05) is 44.2 Å². The first-order valence-corrected chi connectivity index (χ1v) is 14.8. The van der Waals surface area contributed by atoms with Gasteiger partial charge in [0.05, 0.1) is 12.2 Å². The lowest BCUT2D eigenvalue weighted by Gasteiger charge is -2.43. The number of rotatable bonds is 11. The first kappa shape index (κ1) is 30.7. The van der Waals surface area contributed by atoms with E-state index in [9.17, 15) is 9.90 Å². The number of aliphatic carboxylic acids is 1. The molecule has 218 valence electrons. The molecule has 0 amide bonds. The number of hydrogen-bond donors (Lipinski definition) is 1. The molecule has 0 aliphatic carbocycles. The minimum atomic E-state index is -1.04. The van der Waals surface area contributed by atoms with Crippen LogP contribution >= 0.6 is 11.6 Å². The Kier molecular flexibility index (Phi) is 10.2. The number of carbonyl (C=O) groups is 1. The summed E-state index contributed by atoms with van der Waals surface area (Å²) < 4.78 is 19.2. The number of unbranched alkanes of at least 4 members (excludes halogenated alkanes) is 1. The highest BCUT2D eigenvalue weighted by molar-refractivity contribution is 6.30. The van der Waals surface area contributed by atoms with E-state index in [1.54, 1.807) is 6.07 Å². The summed E-state index contributed by atoms with van der Waals surface area (Å²) in [4.78, 5) is 11.4. The molecule has 1 heterocycles. The minimum Gasteiger partial charge on any atom is -0.482 e. The largest absolute Gasteiger partial charge is 0.482 e. The third kappa shape index (κ3) is 7.52. The van der Waals surface area contributed by atoms with Gasteiger partial charge in [0.15, 0.2) is 6.61 Å². The second-order valence-electron chi connectivity index (χ2n) is 11.3. The maximum atomic E-state index is 11.4. The predicted octanol–water partition coefficient (Wildman–Crippen LogP) is 9.52. The van der Waals surface area contributed by atoms with E-state index in [2.05, 4.69) is 45.5 Å². The molecule has 1 N–H and O–H groups in total. The molecule has 1 aliphatic heterocycles. The Balaban J connectivity index is 1.76. The molecule has 1 saturated heterocycles. The molecule has 1 aliphatic rings. The Morgan fingerprint density at radius 1 is 1.07 bits per heavy atom. The van der Waals surface area contributed by atoms with Crippen LogP contribution in [-0.2, 0) is 9.53 Å². The van der Waals surface area contributed by atoms with Crippen molar-refractivity contribution in [3.05, 3.63) is 99.6 Å². The van der Waals surface area contributed by atoms with Crippen LogP contribution in [0.5, 0.6) is 17.2 Å². The van der Waals surface area contributed by atoms with E-state index in [1.165, 1.54) is 5.56 Å². The van der Waals surface area contributed by atoms with Gasteiger partial charge in [-0.2, -0.15) is 0 Å². The SMILES string of the molecule is C=C(C)[C@@H]1C[C@@H](c2ccc(Cl)cc2)[C@@H](CCCC)O[C@H]1c1cc(Oc2cc(C)cc(C)c2C)ccc1OCC(=O)O. The molecule has 4 rings (SSSR count). The van der Waals surface area contributed by atoms with Crippen molar-refractivity contribution in [3.8, 4) is 17.2 Å². The van der Waals surface area contributed by atoms with Crippen molar-refractivity contribution >= 4 is 17.6 Å². The van der Waals surface area contributed by atoms with Crippen LogP contribution in [-0.4, -0.2) is 23.8 Å². The summed E-state index contributed by atoms with van der Waals surface area (Å²) in [6, 6.07) is 17.8. The Morgan fingerprint density at radius 3 is 2.46 bits per heavy atom. The fourth-order valence-corrected chi connectivity index (χ4v) is 5.85. The average Bonchev–Trinajstić information content (AvgIpc) is 2.93. The van der Waals surface area contributed by atoms with E-state index in [0.717, 1.165) is 59.3 Å². The molecule has 3 aromatic carbocycles. The van der Waals surface area contributed by atoms with E-state index in [4.69, 9.17) is 25.8 Å². The second-order valence-corrected chi connectivity index (χ2v) is 11.7. The van der Waals surface area contributed by atoms with Crippen LogP contribution in [0.1, 0.15) is 79.4 Å². The zero-order valence-corrected chi connectivity index (χ0v) is 25.5. The normalized spacial score (nSPS) is 20.4. The molecule has 0 spiro atoms. The molecular weight excluding hydrogens is 536 g/mol. The Hall–Kier alpha value is -3.28. The summed E-state index contributed by atoms with van der Waals surface area (Å²) in [5.41, 5.74) is 6.33. The van der Waals surface area contributed by atoms with Gasteiger partial charge < -0.3 is 19.3 Å². The minimum absolute atomic E-state index is 0.0149. The van der Waals surface area contributed by atoms with Crippen LogP contribution in [0.25, 0.3) is 0 Å². The maximum Gasteiger partial charge on any atom is 0.341 e. The average molecular weight is 577 g/mol. The van der Waals surface area contributed by atoms with Crippen molar-refractivity contribution in [1.82, 2.24) is 0 Å². The van der Waals surface area contributed by atoms with Crippen molar-refractivity contribution in [3.63, 3.8) is 0 Å². The highest BCUT2D eigenvalue weighted by atomic mass is 35.5. The van der Waals surface area contributed by atoms with Gasteiger partial charge in [-0.15, -0.1) is 0 Å². The van der Waals surface area contributed by atoms with Gasteiger partial charge in [-0.05, 0) is 99.2 Å². The molecule has 4 atom stereocenters. The van der Waals surface area contributed by atoms with Crippen LogP contribution < -0.4 is 9.47 Å². The van der Waals surface area contributed by atoms with Crippen LogP contribution in [0.3, 0.4) is 0 Å². The number of hydrogen-bond acceptors (Lipinski definition) is 4. The Morgan fingerprint density at radius 2 is 1.80 bits per heavy atom. The molecule has 5 nitrogen and oxygen atoms in total. The first-order chi connectivity index (χ1) is 19.6. The van der Waals surface area contributed by atoms with Crippen molar-refractivity contribution in [1.29, 1.82) is 0 Å². The summed E-state index contributed by atoms with van der Waals surface area (Å²) in [5.74, 6) is 1.04. The first-order valence-electron chi connectivity index (χ1n) is 14.4. The molecule has 6 heteroatoms. The molecule has 0 bridgehead atoms. The van der Waals surface area contributed by atoms with Gasteiger partial charge in [-0.1, -0.05) is 61.7 Å². The van der Waals surface area contributed by atoms with Crippen LogP contribution in [0.15, 0.2) is 66.7 Å². The van der Waals surface area contributed by atoms with E-state index < -0.39 is 12.6 Å². The second kappa shape index (κ2) is 13.6. The third-order valence-electron chi connectivity index (χ3n) is 8.05. The summed E-state index contributed by atoms with van der Waals surface area (Å²) in [6.07, 6.45) is 3.45. The van der Waals surface area contributed by atoms with Crippen LogP contribution in [0.4, 0.5) is 0 Å². The van der Waals surface area contributed by atoms with Crippen molar-refractivity contribution in [2.45, 2.75) is 78.4 Å². The highest BCUT2D eigenvalue weighted by Crippen LogP contribution is 2.50. The van der Waals surface area contributed by atoms with Crippen molar-refractivity contribution < 1.29 is 24.1 Å². The molecule has 3 aromatic rings. The summed E-state index contributed by atoms with van der Waals surface area (Å²) >= 11 is 6.21. The van der Waals surface area contributed by atoms with Gasteiger partial charge in [-0.3, -0.25) is 0 Å². The van der Waals surface area contributed by atoms with Crippen LogP contribution in [0, 0.1) is 26.7 Å². The number of carboxylic acids is 1. The number of benzene rings is 3. The molecule has 41 heavy (non-hydrogen) atoms. The monoisotopic (exact) mass is 576 g/mol. The van der Waals surface area contributed by atoms with Crippen molar-refractivity contribution in [2.75, 3.05) is 6.61 Å².